The largest absolute Gasteiger partial charge is 0.481 e. The van der Waals surface area contributed by atoms with Crippen LogP contribution in [0, 0.1) is 45.1 Å². The first-order chi connectivity index (χ1) is 19.1. The van der Waals surface area contributed by atoms with E-state index in [9.17, 15) is 19.7 Å². The zero-order chi connectivity index (χ0) is 30.5. The number of amides is 1. The van der Waals surface area contributed by atoms with Gasteiger partial charge in [0.05, 0.1) is 17.6 Å². The van der Waals surface area contributed by atoms with E-state index in [1.54, 1.807) is 0 Å². The smallest absolute Gasteiger partial charge is 0.404 e. The molecule has 232 valence electrons. The number of nitrogens with zero attached hydrogens (tertiary/aromatic N) is 2. The van der Waals surface area contributed by atoms with Crippen molar-refractivity contribution in [1.82, 2.24) is 10.7 Å². The first-order valence-corrected chi connectivity index (χ1v) is 15.5. The molecule has 0 unspecified atom stereocenters. The van der Waals surface area contributed by atoms with E-state index in [1.807, 2.05) is 5.43 Å². The summed E-state index contributed by atoms with van der Waals surface area (Å²) in [6.45, 7) is 15.5. The summed E-state index contributed by atoms with van der Waals surface area (Å²) in [7, 11) is -0.536. The molecule has 4 rings (SSSR count). The molecule has 4 N–H and O–H groups in total. The van der Waals surface area contributed by atoms with Crippen LogP contribution < -0.4 is 16.5 Å². The summed E-state index contributed by atoms with van der Waals surface area (Å²) in [5, 5.41) is 13.0. The first kappa shape index (κ1) is 33.3. The number of nitrogens with one attached hydrogen (secondary N) is 2. The van der Waals surface area contributed by atoms with Crippen LogP contribution in [0.2, 0.25) is 0 Å². The Bertz CT molecular complexity index is 975. The molecule has 3 saturated carbocycles. The maximum absolute atomic E-state index is 13.7. The third-order valence-electron chi connectivity index (χ3n) is 9.63. The second-order valence-electron chi connectivity index (χ2n) is 14.1. The summed E-state index contributed by atoms with van der Waals surface area (Å²) >= 11 is 0. The van der Waals surface area contributed by atoms with Gasteiger partial charge >= 0.3 is 7.12 Å². The van der Waals surface area contributed by atoms with Crippen LogP contribution in [0.3, 0.4) is 0 Å². The number of hydrogen-bond acceptors (Lipinski definition) is 7. The fourth-order valence-corrected chi connectivity index (χ4v) is 7.19. The molecule has 2 bridgehead atoms. The third-order valence-corrected chi connectivity index (χ3v) is 9.63. The second kappa shape index (κ2) is 13.8. The molecule has 0 radical (unpaired) electrons. The minimum atomic E-state index is -0.770. The van der Waals surface area contributed by atoms with Crippen LogP contribution in [0.5, 0.6) is 0 Å². The van der Waals surface area contributed by atoms with Crippen molar-refractivity contribution in [2.24, 2.45) is 45.7 Å². The van der Waals surface area contributed by atoms with Gasteiger partial charge in [0.1, 0.15) is 5.78 Å². The Morgan fingerprint density at radius 3 is 2.44 bits per heavy atom. The van der Waals surface area contributed by atoms with Gasteiger partial charge in [0.25, 0.3) is 5.96 Å². The minimum absolute atomic E-state index is 0.0188. The van der Waals surface area contributed by atoms with Crippen molar-refractivity contribution in [3.63, 3.8) is 0 Å². The first-order valence-electron chi connectivity index (χ1n) is 15.5. The molecule has 6 atom stereocenters. The quantitative estimate of drug-likeness (QED) is 0.0619. The van der Waals surface area contributed by atoms with E-state index in [0.717, 1.165) is 25.7 Å². The molecule has 0 aromatic rings. The van der Waals surface area contributed by atoms with Crippen molar-refractivity contribution in [3.8, 4) is 0 Å². The highest BCUT2D eigenvalue weighted by atomic mass is 16.7. The number of hydrogen-bond donors (Lipinski definition) is 3. The molecule has 1 amide bonds. The van der Waals surface area contributed by atoms with E-state index in [2.05, 4.69) is 58.8 Å². The summed E-state index contributed by atoms with van der Waals surface area (Å²) in [5.41, 5.74) is 7.19. The lowest BCUT2D eigenvalue weighted by Gasteiger charge is -2.64. The van der Waals surface area contributed by atoms with Crippen molar-refractivity contribution in [3.05, 3.63) is 10.1 Å². The summed E-state index contributed by atoms with van der Waals surface area (Å²) in [6, 6.07) is 0. The lowest BCUT2D eigenvalue weighted by molar-refractivity contribution is -0.525. The molecule has 0 spiro atoms. The van der Waals surface area contributed by atoms with Gasteiger partial charge in [0.15, 0.2) is 5.03 Å². The maximum Gasteiger partial charge on any atom is 0.481 e. The van der Waals surface area contributed by atoms with Gasteiger partial charge in [-0.15, -0.1) is 0 Å². The zero-order valence-corrected chi connectivity index (χ0v) is 26.1. The molecule has 3 aliphatic carbocycles. The fourth-order valence-electron chi connectivity index (χ4n) is 7.19. The monoisotopic (exact) mass is 577 g/mol. The lowest BCUT2D eigenvalue weighted by Crippen LogP contribution is -2.65. The predicted molar refractivity (Wildman–Crippen MR) is 159 cm³/mol. The number of nitrogens with two attached hydrogens (primary N) is 1. The van der Waals surface area contributed by atoms with Crippen LogP contribution in [-0.4, -0.2) is 54.0 Å². The average Bonchev–Trinajstić information content (AvgIpc) is 3.21. The zero-order valence-electron chi connectivity index (χ0n) is 26.1. The Kier molecular flexibility index (Phi) is 11.2. The normalized spacial score (nSPS) is 28.2. The highest BCUT2D eigenvalue weighted by molar-refractivity contribution is 6.47. The van der Waals surface area contributed by atoms with Crippen LogP contribution in [-0.2, 0) is 18.9 Å². The number of carbonyl (C=O) groups is 2. The number of aliphatic imine (C=N–C) groups is 1. The molecule has 4 fully saturated rings. The van der Waals surface area contributed by atoms with Gasteiger partial charge in [0.2, 0.25) is 5.91 Å². The van der Waals surface area contributed by atoms with Crippen LogP contribution in [0.25, 0.3) is 0 Å². The molecular weight excluding hydrogens is 525 g/mol. The number of Topliss-reactive ketones (excluding diaryl/α,β-unsaturated/α-hetero) is 1. The van der Waals surface area contributed by atoms with E-state index in [4.69, 9.17) is 15.0 Å². The van der Waals surface area contributed by atoms with E-state index >= 15 is 0 Å². The highest BCUT2D eigenvalue weighted by Crippen LogP contribution is 2.65. The number of carbonyl (C=O) groups excluding carboxylic acids is 2. The molecule has 4 aliphatic rings. The van der Waals surface area contributed by atoms with Crippen LogP contribution in [0.1, 0.15) is 106 Å². The number of hydrazine groups is 1. The van der Waals surface area contributed by atoms with Crippen molar-refractivity contribution >= 4 is 24.8 Å². The highest BCUT2D eigenvalue weighted by Gasteiger charge is 2.68. The van der Waals surface area contributed by atoms with Gasteiger partial charge < -0.3 is 20.4 Å². The summed E-state index contributed by atoms with van der Waals surface area (Å²) < 4.78 is 13.2. The second-order valence-corrected chi connectivity index (χ2v) is 14.1. The molecule has 41 heavy (non-hydrogen) atoms. The van der Waals surface area contributed by atoms with Gasteiger partial charge in [-0.05, 0) is 74.5 Å². The van der Waals surface area contributed by atoms with Gasteiger partial charge in [0, 0.05) is 25.3 Å². The Labute approximate surface area is 245 Å². The topological polar surface area (TPSA) is 158 Å². The Morgan fingerprint density at radius 2 is 1.83 bits per heavy atom. The average molecular weight is 578 g/mol. The summed E-state index contributed by atoms with van der Waals surface area (Å²) in [4.78, 5) is 41.1. The van der Waals surface area contributed by atoms with Gasteiger partial charge in [-0.3, -0.25) is 9.59 Å². The fraction of sp³-hybridized carbons (Fsp3) is 0.897. The van der Waals surface area contributed by atoms with Crippen molar-refractivity contribution in [2.75, 3.05) is 6.54 Å². The van der Waals surface area contributed by atoms with Crippen molar-refractivity contribution < 1.29 is 23.9 Å². The predicted octanol–water partition coefficient (Wildman–Crippen LogP) is 4.06. The Balaban J connectivity index is 1.68. The number of nitro groups is 1. The molecule has 1 saturated heterocycles. The van der Waals surface area contributed by atoms with Gasteiger partial charge in [-0.1, -0.05) is 53.4 Å². The molecule has 1 aliphatic heterocycles. The number of guanidine groups is 1. The minimum Gasteiger partial charge on any atom is -0.404 e. The summed E-state index contributed by atoms with van der Waals surface area (Å²) in [6.07, 6.45) is 6.07. The van der Waals surface area contributed by atoms with Crippen LogP contribution >= 0.6 is 0 Å². The van der Waals surface area contributed by atoms with E-state index in [1.165, 1.54) is 0 Å². The third kappa shape index (κ3) is 8.43. The van der Waals surface area contributed by atoms with Crippen molar-refractivity contribution in [2.45, 2.75) is 124 Å². The maximum atomic E-state index is 13.7. The van der Waals surface area contributed by atoms with Crippen LogP contribution in [0.15, 0.2) is 4.99 Å². The van der Waals surface area contributed by atoms with E-state index in [-0.39, 0.29) is 53.7 Å². The Morgan fingerprint density at radius 1 is 1.12 bits per heavy atom. The number of rotatable bonds is 16. The van der Waals surface area contributed by atoms with Gasteiger partial charge in [-0.2, -0.15) is 0 Å². The molecule has 12 heteroatoms. The van der Waals surface area contributed by atoms with Gasteiger partial charge in [-0.25, -0.2) is 15.1 Å². The SMILES string of the molecule is CC(C)CCCC(=O)C[C@@H](CCCN=C(N)N[N+](=O)[O-])C(=O)N[C@@H](CC(C)C)B1O[C@@H]2C[C@H]3C[C@H](C3(C)C)[C@]2(C)O1. The molecule has 11 nitrogen and oxygen atoms in total. The standard InChI is InChI=1S/C29H52BN5O6/c1-18(2)10-8-12-22(36)15-20(11-9-13-32-27(31)34-35(38)39)26(37)33-25(14-19(3)4)30-40-24-17-21-16-23(28(21,5)6)29(24,7)41-30/h18-21,23-25H,8-17H2,1-7H3,(H,33,37)(H3,31,32,34)/t20-,21-,23-,24-,25+,29+/m1/s1. The summed E-state index contributed by atoms with van der Waals surface area (Å²) in [5.74, 6) is 0.595. The lowest BCUT2D eigenvalue weighted by atomic mass is 9.43. The van der Waals surface area contributed by atoms with E-state index in [0.29, 0.717) is 49.4 Å². The van der Waals surface area contributed by atoms with E-state index < -0.39 is 18.1 Å². The van der Waals surface area contributed by atoms with Crippen LogP contribution in [0.4, 0.5) is 0 Å². The molecule has 1 heterocycles. The van der Waals surface area contributed by atoms with Crippen molar-refractivity contribution in [1.29, 1.82) is 0 Å². The number of ketones is 1. The Hall–Kier alpha value is -2.21. The molecule has 0 aromatic heterocycles. The molecule has 0 aromatic carbocycles. The molecular formula is C29H52BN5O6.